The smallest absolute Gasteiger partial charge is 0.164 e. The van der Waals surface area contributed by atoms with Crippen LogP contribution in [0.2, 0.25) is 0 Å². The molecule has 11 aromatic rings. The lowest BCUT2D eigenvalue weighted by molar-refractivity contribution is 0.969. The number of para-hydroxylation sites is 1. The molecule has 0 atom stereocenters. The Morgan fingerprint density at radius 3 is 1.59 bits per heavy atom. The van der Waals surface area contributed by atoms with Gasteiger partial charge in [-0.2, -0.15) is 0 Å². The maximum Gasteiger partial charge on any atom is 0.164 e. The summed E-state index contributed by atoms with van der Waals surface area (Å²) >= 11 is 0. The highest BCUT2D eigenvalue weighted by Gasteiger charge is 2.27. The third-order valence-electron chi connectivity index (χ3n) is 11.8. The van der Waals surface area contributed by atoms with Crippen molar-refractivity contribution in [2.45, 2.75) is 12.8 Å². The van der Waals surface area contributed by atoms with Gasteiger partial charge in [0.1, 0.15) is 0 Å². The highest BCUT2D eigenvalue weighted by atomic mass is 15.0. The van der Waals surface area contributed by atoms with Gasteiger partial charge >= 0.3 is 0 Å². The van der Waals surface area contributed by atoms with Crippen LogP contribution in [-0.2, 0) is 12.8 Å². The van der Waals surface area contributed by atoms with E-state index >= 15 is 0 Å². The van der Waals surface area contributed by atoms with Crippen LogP contribution in [0.15, 0.2) is 188 Å². The first-order valence-corrected chi connectivity index (χ1v) is 19.9. The molecule has 58 heavy (non-hydrogen) atoms. The van der Waals surface area contributed by atoms with Gasteiger partial charge in [0.05, 0.1) is 22.1 Å². The standard InChI is InChI=1S/C53H35N5/c1-4-15-34(16-5-1)38-22-12-24-40(31-38)57-46-28-14-21-35-29-30-43-49(48(35)46)47(57)33-44-42-26-10-11-27-45(42)58(50(43)44)41-25-13-23-39(32-41)53-55-51(36-17-6-2-7-18-36)54-52(56-53)37-19-8-3-9-20-37/h1-28,31-33H,29-30H2. The maximum atomic E-state index is 5.09. The average molecular weight is 742 g/mol. The summed E-state index contributed by atoms with van der Waals surface area (Å²) in [4.78, 5) is 15.1. The second-order valence-electron chi connectivity index (χ2n) is 15.1. The van der Waals surface area contributed by atoms with Crippen molar-refractivity contribution in [3.63, 3.8) is 0 Å². The molecule has 5 heteroatoms. The van der Waals surface area contributed by atoms with Crippen LogP contribution in [0.1, 0.15) is 11.1 Å². The third kappa shape index (κ3) is 5.07. The van der Waals surface area contributed by atoms with E-state index in [0.717, 1.165) is 35.2 Å². The first-order chi connectivity index (χ1) is 28.8. The van der Waals surface area contributed by atoms with Crippen molar-refractivity contribution >= 4 is 43.6 Å². The van der Waals surface area contributed by atoms with Gasteiger partial charge in [-0.05, 0) is 77.6 Å². The van der Waals surface area contributed by atoms with Crippen LogP contribution < -0.4 is 0 Å². The molecule has 3 aromatic heterocycles. The molecule has 272 valence electrons. The molecular formula is C53H35N5. The van der Waals surface area contributed by atoms with Gasteiger partial charge in [0.2, 0.25) is 0 Å². The van der Waals surface area contributed by atoms with E-state index in [4.69, 9.17) is 15.0 Å². The summed E-state index contributed by atoms with van der Waals surface area (Å²) in [5.41, 5.74) is 15.3. The van der Waals surface area contributed by atoms with Crippen LogP contribution in [-0.4, -0.2) is 24.1 Å². The molecule has 0 amide bonds. The lowest BCUT2D eigenvalue weighted by Gasteiger charge is -2.17. The number of rotatable bonds is 6. The highest BCUT2D eigenvalue weighted by molar-refractivity contribution is 6.22. The van der Waals surface area contributed by atoms with Crippen molar-refractivity contribution in [2.75, 3.05) is 0 Å². The Morgan fingerprint density at radius 1 is 0.345 bits per heavy atom. The van der Waals surface area contributed by atoms with E-state index in [9.17, 15) is 0 Å². The summed E-state index contributed by atoms with van der Waals surface area (Å²) in [6.07, 6.45) is 1.95. The van der Waals surface area contributed by atoms with E-state index < -0.39 is 0 Å². The minimum absolute atomic E-state index is 0.643. The van der Waals surface area contributed by atoms with Crippen LogP contribution in [0.3, 0.4) is 0 Å². The number of aromatic nitrogens is 5. The lowest BCUT2D eigenvalue weighted by Crippen LogP contribution is -2.04. The Kier molecular flexibility index (Phi) is 7.29. The Hall–Kier alpha value is -7.63. The number of hydrogen-bond acceptors (Lipinski definition) is 3. The molecule has 0 spiro atoms. The Morgan fingerprint density at radius 2 is 0.879 bits per heavy atom. The Bertz CT molecular complexity index is 3320. The number of aryl methyl sites for hydroxylation is 2. The van der Waals surface area contributed by atoms with Crippen LogP contribution in [0.5, 0.6) is 0 Å². The van der Waals surface area contributed by atoms with Gasteiger partial charge in [0.15, 0.2) is 17.5 Å². The molecule has 0 bridgehead atoms. The van der Waals surface area contributed by atoms with Gasteiger partial charge in [0.25, 0.3) is 0 Å². The predicted octanol–water partition coefficient (Wildman–Crippen LogP) is 12.8. The fourth-order valence-corrected chi connectivity index (χ4v) is 9.27. The quantitative estimate of drug-likeness (QED) is 0.170. The SMILES string of the molecule is c1ccc(-c2cccc(-n3c4cccc5c4c4c(c6c(cc43)c3ccccc3n6-c3cccc(-c4nc(-c6ccccc6)nc(-c6ccccc6)n4)c3)CC5)c2)cc1. The molecule has 0 saturated carbocycles. The van der Waals surface area contributed by atoms with Crippen molar-refractivity contribution in [1.82, 2.24) is 24.1 Å². The Balaban J connectivity index is 1.10. The molecular weight excluding hydrogens is 707 g/mol. The monoisotopic (exact) mass is 741 g/mol. The largest absolute Gasteiger partial charge is 0.309 e. The molecule has 0 saturated heterocycles. The van der Waals surface area contributed by atoms with Crippen molar-refractivity contribution in [3.05, 3.63) is 199 Å². The summed E-state index contributed by atoms with van der Waals surface area (Å²) in [5, 5.41) is 5.21. The molecule has 0 N–H and O–H groups in total. The number of fused-ring (bicyclic) bond motifs is 4. The first kappa shape index (κ1) is 32.6. The zero-order valence-corrected chi connectivity index (χ0v) is 31.5. The van der Waals surface area contributed by atoms with E-state index in [-0.39, 0.29) is 0 Å². The second kappa shape index (κ2) is 13.0. The molecule has 0 fully saturated rings. The minimum atomic E-state index is 0.643. The molecule has 5 nitrogen and oxygen atoms in total. The van der Waals surface area contributed by atoms with Gasteiger partial charge in [-0.3, -0.25) is 0 Å². The van der Waals surface area contributed by atoms with Crippen LogP contribution >= 0.6 is 0 Å². The van der Waals surface area contributed by atoms with E-state index in [1.165, 1.54) is 71.6 Å². The van der Waals surface area contributed by atoms with Crippen LogP contribution in [0.4, 0.5) is 0 Å². The van der Waals surface area contributed by atoms with Gasteiger partial charge in [-0.15, -0.1) is 0 Å². The number of benzene rings is 8. The van der Waals surface area contributed by atoms with E-state index in [2.05, 4.69) is 161 Å². The average Bonchev–Trinajstić information content (AvgIpc) is 3.82. The summed E-state index contributed by atoms with van der Waals surface area (Å²) in [5.74, 6) is 1.95. The summed E-state index contributed by atoms with van der Waals surface area (Å²) in [6, 6.07) is 66.9. The highest BCUT2D eigenvalue weighted by Crippen LogP contribution is 2.46. The zero-order valence-electron chi connectivity index (χ0n) is 31.5. The summed E-state index contributed by atoms with van der Waals surface area (Å²) in [7, 11) is 0. The van der Waals surface area contributed by atoms with Crippen LogP contribution in [0.25, 0.3) is 100 Å². The van der Waals surface area contributed by atoms with Gasteiger partial charge in [-0.1, -0.05) is 146 Å². The molecule has 8 aromatic carbocycles. The molecule has 12 rings (SSSR count). The fourth-order valence-electron chi connectivity index (χ4n) is 9.27. The second-order valence-corrected chi connectivity index (χ2v) is 15.1. The van der Waals surface area contributed by atoms with Crippen LogP contribution in [0, 0.1) is 0 Å². The van der Waals surface area contributed by atoms with E-state index in [1.54, 1.807) is 0 Å². The first-order valence-electron chi connectivity index (χ1n) is 19.9. The van der Waals surface area contributed by atoms with Gasteiger partial charge in [0, 0.05) is 49.6 Å². The summed E-state index contributed by atoms with van der Waals surface area (Å²) < 4.78 is 4.98. The van der Waals surface area contributed by atoms with Crippen molar-refractivity contribution in [2.24, 2.45) is 0 Å². The zero-order chi connectivity index (χ0) is 38.2. The molecule has 0 radical (unpaired) electrons. The molecule has 0 aliphatic heterocycles. The third-order valence-corrected chi connectivity index (χ3v) is 11.8. The number of nitrogens with zero attached hydrogens (tertiary/aromatic N) is 5. The topological polar surface area (TPSA) is 48.5 Å². The van der Waals surface area contributed by atoms with Gasteiger partial charge < -0.3 is 9.13 Å². The summed E-state index contributed by atoms with van der Waals surface area (Å²) in [6.45, 7) is 0. The fraction of sp³-hybridized carbons (Fsp3) is 0.0377. The van der Waals surface area contributed by atoms with Crippen molar-refractivity contribution in [3.8, 4) is 56.7 Å². The lowest BCUT2D eigenvalue weighted by atomic mass is 9.89. The van der Waals surface area contributed by atoms with Crippen molar-refractivity contribution < 1.29 is 0 Å². The molecule has 0 unspecified atom stereocenters. The number of hydrogen-bond donors (Lipinski definition) is 0. The predicted molar refractivity (Wildman–Crippen MR) is 238 cm³/mol. The maximum absolute atomic E-state index is 5.09. The van der Waals surface area contributed by atoms with E-state index in [0.29, 0.717) is 17.5 Å². The van der Waals surface area contributed by atoms with Crippen molar-refractivity contribution in [1.29, 1.82) is 0 Å². The molecule has 1 aliphatic carbocycles. The molecule has 3 heterocycles. The molecule has 1 aliphatic rings. The Labute approximate surface area is 335 Å². The van der Waals surface area contributed by atoms with Gasteiger partial charge in [-0.25, -0.2) is 15.0 Å². The minimum Gasteiger partial charge on any atom is -0.309 e. The normalized spacial score (nSPS) is 12.3. The van der Waals surface area contributed by atoms with E-state index in [1.807, 2.05) is 36.4 Å².